The number of primary amides is 1. The Morgan fingerprint density at radius 2 is 1.40 bits per heavy atom. The predicted octanol–water partition coefficient (Wildman–Crippen LogP) is 4.91. The Morgan fingerprint density at radius 1 is 0.833 bits per heavy atom. The smallest absolute Gasteiger partial charge is 0.255 e. The summed E-state index contributed by atoms with van der Waals surface area (Å²) in [5.74, 6) is 0.0745. The van der Waals surface area contributed by atoms with Gasteiger partial charge in [-0.3, -0.25) is 9.59 Å². The second kappa shape index (κ2) is 8.82. The second-order valence-corrected chi connectivity index (χ2v) is 8.16. The number of hydrogen-bond donors (Lipinski definition) is 2. The number of hydrogen-bond acceptors (Lipinski definition) is 3. The van der Waals surface area contributed by atoms with Gasteiger partial charge < -0.3 is 15.8 Å². The summed E-state index contributed by atoms with van der Waals surface area (Å²) in [5.41, 5.74) is 9.17. The molecule has 3 aromatic rings. The SMILES string of the molecule is CC(C)(C)c1ccc(C(=O)Nc2ccc(OCc3ccc(C(N)=O)cc3)cc2)cc1. The topological polar surface area (TPSA) is 81.4 Å². The molecule has 0 aliphatic carbocycles. The molecule has 2 amide bonds. The van der Waals surface area contributed by atoms with E-state index in [0.717, 1.165) is 5.56 Å². The van der Waals surface area contributed by atoms with E-state index in [0.29, 0.717) is 29.2 Å². The van der Waals surface area contributed by atoms with Gasteiger partial charge in [0.15, 0.2) is 0 Å². The summed E-state index contributed by atoms with van der Waals surface area (Å²) in [6.07, 6.45) is 0. The second-order valence-electron chi connectivity index (χ2n) is 8.16. The van der Waals surface area contributed by atoms with Crippen LogP contribution in [-0.2, 0) is 12.0 Å². The zero-order chi connectivity index (χ0) is 21.7. The fourth-order valence-electron chi connectivity index (χ4n) is 2.89. The predicted molar refractivity (Wildman–Crippen MR) is 119 cm³/mol. The van der Waals surface area contributed by atoms with E-state index in [4.69, 9.17) is 10.5 Å². The standard InChI is InChI=1S/C25H26N2O3/c1-25(2,3)20-10-8-19(9-11-20)24(29)27-21-12-14-22(15-13-21)30-16-17-4-6-18(7-5-17)23(26)28/h4-15H,16H2,1-3H3,(H2,26,28)(H,27,29). The quantitative estimate of drug-likeness (QED) is 0.614. The van der Waals surface area contributed by atoms with Crippen LogP contribution in [0.5, 0.6) is 5.75 Å². The highest BCUT2D eigenvalue weighted by Crippen LogP contribution is 2.23. The molecule has 3 aromatic carbocycles. The monoisotopic (exact) mass is 402 g/mol. The molecule has 3 N–H and O–H groups in total. The number of ether oxygens (including phenoxy) is 1. The van der Waals surface area contributed by atoms with E-state index in [1.165, 1.54) is 5.56 Å². The lowest BCUT2D eigenvalue weighted by molar-refractivity contribution is 0.0997. The third-order valence-corrected chi connectivity index (χ3v) is 4.77. The van der Waals surface area contributed by atoms with Crippen LogP contribution in [0.25, 0.3) is 0 Å². The summed E-state index contributed by atoms with van der Waals surface area (Å²) in [7, 11) is 0. The Kier molecular flexibility index (Phi) is 6.21. The molecule has 3 rings (SSSR count). The van der Waals surface area contributed by atoms with Gasteiger partial charge in [0.2, 0.25) is 5.91 Å². The first-order chi connectivity index (χ1) is 14.2. The highest BCUT2D eigenvalue weighted by atomic mass is 16.5. The molecule has 0 bridgehead atoms. The van der Waals surface area contributed by atoms with Crippen LogP contribution in [0.1, 0.15) is 52.6 Å². The summed E-state index contributed by atoms with van der Waals surface area (Å²) in [6.45, 7) is 6.79. The van der Waals surface area contributed by atoms with Crippen LogP contribution in [0, 0.1) is 0 Å². The fraction of sp³-hybridized carbons (Fsp3) is 0.200. The van der Waals surface area contributed by atoms with Gasteiger partial charge in [-0.05, 0) is 65.1 Å². The highest BCUT2D eigenvalue weighted by molar-refractivity contribution is 6.04. The first kappa shape index (κ1) is 21.1. The van der Waals surface area contributed by atoms with Crippen LogP contribution in [0.4, 0.5) is 5.69 Å². The minimum absolute atomic E-state index is 0.0503. The zero-order valence-corrected chi connectivity index (χ0v) is 17.4. The lowest BCUT2D eigenvalue weighted by atomic mass is 9.87. The summed E-state index contributed by atoms with van der Waals surface area (Å²) in [4.78, 5) is 23.6. The van der Waals surface area contributed by atoms with Gasteiger partial charge in [-0.25, -0.2) is 0 Å². The van der Waals surface area contributed by atoms with E-state index in [2.05, 4.69) is 26.1 Å². The molecule has 5 nitrogen and oxygen atoms in total. The van der Waals surface area contributed by atoms with Crippen molar-refractivity contribution in [2.24, 2.45) is 5.73 Å². The molecule has 5 heteroatoms. The minimum atomic E-state index is -0.453. The molecular weight excluding hydrogens is 376 g/mol. The Hall–Kier alpha value is -3.60. The molecule has 0 aliphatic heterocycles. The largest absolute Gasteiger partial charge is 0.489 e. The van der Waals surface area contributed by atoms with E-state index in [9.17, 15) is 9.59 Å². The van der Waals surface area contributed by atoms with Crippen LogP contribution in [-0.4, -0.2) is 11.8 Å². The van der Waals surface area contributed by atoms with Crippen molar-refractivity contribution in [3.63, 3.8) is 0 Å². The Bertz CT molecular complexity index is 1020. The maximum atomic E-state index is 12.5. The van der Waals surface area contributed by atoms with E-state index in [-0.39, 0.29) is 11.3 Å². The van der Waals surface area contributed by atoms with Gasteiger partial charge in [-0.15, -0.1) is 0 Å². The zero-order valence-electron chi connectivity index (χ0n) is 17.4. The van der Waals surface area contributed by atoms with Gasteiger partial charge in [0.1, 0.15) is 12.4 Å². The number of amides is 2. The number of nitrogens with two attached hydrogens (primary N) is 1. The molecule has 0 atom stereocenters. The normalized spacial score (nSPS) is 11.0. The van der Waals surface area contributed by atoms with Crippen molar-refractivity contribution >= 4 is 17.5 Å². The maximum absolute atomic E-state index is 12.5. The van der Waals surface area contributed by atoms with E-state index in [1.807, 2.05) is 24.3 Å². The molecular formula is C25H26N2O3. The lowest BCUT2D eigenvalue weighted by Crippen LogP contribution is -2.14. The highest BCUT2D eigenvalue weighted by Gasteiger charge is 2.14. The number of benzene rings is 3. The first-order valence-electron chi connectivity index (χ1n) is 9.76. The van der Waals surface area contributed by atoms with Crippen molar-refractivity contribution in [1.29, 1.82) is 0 Å². The number of anilines is 1. The van der Waals surface area contributed by atoms with Gasteiger partial charge in [0.25, 0.3) is 5.91 Å². The third-order valence-electron chi connectivity index (χ3n) is 4.77. The summed E-state index contributed by atoms with van der Waals surface area (Å²) < 4.78 is 5.75. The third kappa shape index (κ3) is 5.47. The molecule has 0 heterocycles. The average molecular weight is 402 g/mol. The van der Waals surface area contributed by atoms with Crippen LogP contribution < -0.4 is 15.8 Å². The summed E-state index contributed by atoms with van der Waals surface area (Å²) in [5, 5.41) is 2.90. The molecule has 0 saturated carbocycles. The molecule has 0 unspecified atom stereocenters. The van der Waals surface area contributed by atoms with Gasteiger partial charge in [0, 0.05) is 16.8 Å². The van der Waals surface area contributed by atoms with Gasteiger partial charge in [-0.2, -0.15) is 0 Å². The van der Waals surface area contributed by atoms with Crippen molar-refractivity contribution in [2.45, 2.75) is 32.8 Å². The van der Waals surface area contributed by atoms with Crippen LogP contribution >= 0.6 is 0 Å². The molecule has 0 aliphatic rings. The van der Waals surface area contributed by atoms with Gasteiger partial charge in [-0.1, -0.05) is 45.0 Å². The van der Waals surface area contributed by atoms with Crippen molar-refractivity contribution < 1.29 is 14.3 Å². The molecule has 30 heavy (non-hydrogen) atoms. The van der Waals surface area contributed by atoms with E-state index in [1.54, 1.807) is 48.5 Å². The van der Waals surface area contributed by atoms with Crippen molar-refractivity contribution in [1.82, 2.24) is 0 Å². The summed E-state index contributed by atoms with van der Waals surface area (Å²) >= 11 is 0. The molecule has 0 fully saturated rings. The number of nitrogens with one attached hydrogen (secondary N) is 1. The molecule has 0 aromatic heterocycles. The van der Waals surface area contributed by atoms with Crippen molar-refractivity contribution in [2.75, 3.05) is 5.32 Å². The van der Waals surface area contributed by atoms with Crippen molar-refractivity contribution in [3.05, 3.63) is 95.1 Å². The number of carbonyl (C=O) groups is 2. The van der Waals surface area contributed by atoms with Crippen LogP contribution in [0.2, 0.25) is 0 Å². The van der Waals surface area contributed by atoms with Crippen molar-refractivity contribution in [3.8, 4) is 5.75 Å². The lowest BCUT2D eigenvalue weighted by Gasteiger charge is -2.19. The Labute approximate surface area is 176 Å². The van der Waals surface area contributed by atoms with Crippen LogP contribution in [0.3, 0.4) is 0 Å². The molecule has 0 saturated heterocycles. The number of rotatable bonds is 6. The summed E-state index contributed by atoms with van der Waals surface area (Å²) in [6, 6.07) is 21.8. The minimum Gasteiger partial charge on any atom is -0.489 e. The van der Waals surface area contributed by atoms with E-state index >= 15 is 0 Å². The molecule has 0 radical (unpaired) electrons. The van der Waals surface area contributed by atoms with Gasteiger partial charge >= 0.3 is 0 Å². The maximum Gasteiger partial charge on any atom is 0.255 e. The van der Waals surface area contributed by atoms with E-state index < -0.39 is 5.91 Å². The Morgan fingerprint density at radius 3 is 1.93 bits per heavy atom. The Balaban J connectivity index is 1.56. The number of carbonyl (C=O) groups excluding carboxylic acids is 2. The first-order valence-corrected chi connectivity index (χ1v) is 9.76. The average Bonchev–Trinajstić information content (AvgIpc) is 2.73. The van der Waals surface area contributed by atoms with Crippen LogP contribution in [0.15, 0.2) is 72.8 Å². The molecule has 0 spiro atoms. The molecule has 154 valence electrons. The fourth-order valence-corrected chi connectivity index (χ4v) is 2.89. The van der Waals surface area contributed by atoms with Gasteiger partial charge in [0.05, 0.1) is 0 Å².